The van der Waals surface area contributed by atoms with E-state index >= 15 is 0 Å². The van der Waals surface area contributed by atoms with Crippen LogP contribution in [0, 0.1) is 0 Å². The quantitative estimate of drug-likeness (QED) is 0.155. The third-order valence-electron chi connectivity index (χ3n) is 4.50. The van der Waals surface area contributed by atoms with Gasteiger partial charge >= 0.3 is 5.97 Å². The Labute approximate surface area is 179 Å². The summed E-state index contributed by atoms with van der Waals surface area (Å²) in [4.78, 5) is 18.3. The molecular weight excluding hydrogens is 404 g/mol. The lowest BCUT2D eigenvalue weighted by Gasteiger charge is -2.15. The van der Waals surface area contributed by atoms with Crippen molar-refractivity contribution in [1.82, 2.24) is 4.98 Å². The molecule has 0 spiro atoms. The molecule has 3 rings (SSSR count). The van der Waals surface area contributed by atoms with Crippen molar-refractivity contribution < 1.29 is 9.53 Å². The fourth-order valence-corrected chi connectivity index (χ4v) is 5.87. The molecule has 0 aliphatic carbocycles. The zero-order chi connectivity index (χ0) is 20.5. The first-order valence-corrected chi connectivity index (χ1v) is 12.1. The topological polar surface area (TPSA) is 67.2 Å². The van der Waals surface area contributed by atoms with Crippen LogP contribution in [0.2, 0.25) is 0 Å². The molecule has 1 aromatic carbocycles. The molecule has 0 radical (unpaired) electrons. The summed E-state index contributed by atoms with van der Waals surface area (Å²) in [5, 5.41) is 9.23. The third kappa shape index (κ3) is 7.04. The predicted molar refractivity (Wildman–Crippen MR) is 122 cm³/mol. The van der Waals surface area contributed by atoms with Gasteiger partial charge in [0.15, 0.2) is 5.75 Å². The molecule has 1 saturated heterocycles. The van der Waals surface area contributed by atoms with Crippen LogP contribution >= 0.6 is 21.6 Å². The summed E-state index contributed by atoms with van der Waals surface area (Å²) in [6.07, 6.45) is 8.09. The molecule has 154 valence electrons. The molecule has 2 heterocycles. The maximum absolute atomic E-state index is 12.4. The highest BCUT2D eigenvalue weighted by Gasteiger charge is 2.16. The summed E-state index contributed by atoms with van der Waals surface area (Å²) in [5.41, 5.74) is 2.16. The number of benzene rings is 1. The molecular formula is C21H26N4O2S2. The van der Waals surface area contributed by atoms with Gasteiger partial charge in [-0.3, -0.25) is 9.78 Å². The van der Waals surface area contributed by atoms with Crippen molar-refractivity contribution in [3.8, 4) is 5.75 Å². The second-order valence-corrected chi connectivity index (χ2v) is 9.79. The molecule has 1 aromatic heterocycles. The molecule has 1 atom stereocenters. The number of hydrogen-bond acceptors (Lipinski definition) is 8. The Morgan fingerprint density at radius 3 is 2.76 bits per heavy atom. The lowest BCUT2D eigenvalue weighted by Crippen LogP contribution is -2.11. The van der Waals surface area contributed by atoms with E-state index in [0.29, 0.717) is 23.5 Å². The summed E-state index contributed by atoms with van der Waals surface area (Å²) < 4.78 is 5.66. The molecule has 1 aliphatic heterocycles. The van der Waals surface area contributed by atoms with E-state index in [-0.39, 0.29) is 5.97 Å². The number of aromatic nitrogens is 1. The van der Waals surface area contributed by atoms with Crippen LogP contribution in [0.15, 0.2) is 53.0 Å². The number of carbonyl (C=O) groups is 1. The molecule has 0 N–H and O–H groups in total. The lowest BCUT2D eigenvalue weighted by atomic mass is 10.1. The van der Waals surface area contributed by atoms with Gasteiger partial charge in [0.1, 0.15) is 5.69 Å². The van der Waals surface area contributed by atoms with E-state index in [1.165, 1.54) is 18.6 Å². The highest BCUT2D eigenvalue weighted by Crippen LogP contribution is 2.40. The van der Waals surface area contributed by atoms with Gasteiger partial charge in [-0.1, -0.05) is 28.0 Å². The highest BCUT2D eigenvalue weighted by molar-refractivity contribution is 8.77. The van der Waals surface area contributed by atoms with Crippen molar-refractivity contribution in [1.29, 1.82) is 0 Å². The van der Waals surface area contributed by atoms with Crippen molar-refractivity contribution >= 4 is 44.6 Å². The minimum atomic E-state index is -0.227. The normalized spacial score (nSPS) is 16.3. The molecule has 0 saturated carbocycles. The van der Waals surface area contributed by atoms with Crippen LogP contribution in [0.5, 0.6) is 5.75 Å². The molecule has 0 bridgehead atoms. The van der Waals surface area contributed by atoms with Gasteiger partial charge in [0.25, 0.3) is 0 Å². The van der Waals surface area contributed by atoms with Crippen molar-refractivity contribution in [3.63, 3.8) is 0 Å². The van der Waals surface area contributed by atoms with Gasteiger partial charge < -0.3 is 9.64 Å². The molecule has 8 heteroatoms. The van der Waals surface area contributed by atoms with E-state index in [9.17, 15) is 4.79 Å². The predicted octanol–water partition coefficient (Wildman–Crippen LogP) is 6.18. The largest absolute Gasteiger partial charge is 0.424 e. The van der Waals surface area contributed by atoms with Gasteiger partial charge in [-0.05, 0) is 43.5 Å². The number of rotatable bonds is 9. The van der Waals surface area contributed by atoms with E-state index in [0.717, 1.165) is 23.8 Å². The van der Waals surface area contributed by atoms with Crippen LogP contribution in [0.25, 0.3) is 0 Å². The number of esters is 1. The second kappa shape index (κ2) is 11.2. The van der Waals surface area contributed by atoms with Gasteiger partial charge in [-0.2, -0.15) is 5.11 Å². The molecule has 0 amide bonds. The molecule has 1 fully saturated rings. The van der Waals surface area contributed by atoms with Crippen LogP contribution in [0.1, 0.15) is 32.1 Å². The molecule has 2 aromatic rings. The number of pyridine rings is 1. The summed E-state index contributed by atoms with van der Waals surface area (Å²) >= 11 is 0. The van der Waals surface area contributed by atoms with E-state index in [4.69, 9.17) is 4.74 Å². The maximum atomic E-state index is 12.4. The summed E-state index contributed by atoms with van der Waals surface area (Å²) in [5.74, 6) is 1.45. The molecule has 1 aliphatic rings. The summed E-state index contributed by atoms with van der Waals surface area (Å²) in [6.45, 7) is 0. The van der Waals surface area contributed by atoms with Crippen molar-refractivity contribution in [2.24, 2.45) is 10.2 Å². The minimum Gasteiger partial charge on any atom is -0.424 e. The maximum Gasteiger partial charge on any atom is 0.311 e. The zero-order valence-corrected chi connectivity index (χ0v) is 18.4. The Morgan fingerprint density at radius 1 is 1.21 bits per heavy atom. The molecule has 1 unspecified atom stereocenters. The fraction of sp³-hybridized carbons (Fsp3) is 0.429. The molecule has 29 heavy (non-hydrogen) atoms. The van der Waals surface area contributed by atoms with E-state index < -0.39 is 0 Å². The van der Waals surface area contributed by atoms with Crippen LogP contribution in [-0.2, 0) is 4.79 Å². The standard InChI is InChI=1S/C21H26N4O2S2/c1-25(2)17-7-8-19(24-23-16-9-12-22-13-10-16)20(15-17)27-21(26)6-4-3-5-18-11-14-28-29-18/h7-10,12-13,15,18H,3-6,11,14H2,1-2H3. The number of hydrogen-bond donors (Lipinski definition) is 0. The van der Waals surface area contributed by atoms with Gasteiger partial charge in [0.05, 0.1) is 5.69 Å². The van der Waals surface area contributed by atoms with Crippen LogP contribution in [0.3, 0.4) is 0 Å². The summed E-state index contributed by atoms with van der Waals surface area (Å²) in [6, 6.07) is 9.10. The lowest BCUT2D eigenvalue weighted by molar-refractivity contribution is -0.134. The van der Waals surface area contributed by atoms with E-state index in [1.807, 2.05) is 58.8 Å². The van der Waals surface area contributed by atoms with E-state index in [2.05, 4.69) is 15.2 Å². The smallest absolute Gasteiger partial charge is 0.311 e. The number of carbonyl (C=O) groups excluding carboxylic acids is 1. The number of nitrogens with zero attached hydrogens (tertiary/aromatic N) is 4. The Kier molecular flexibility index (Phi) is 8.37. The average molecular weight is 431 g/mol. The highest BCUT2D eigenvalue weighted by atomic mass is 33.1. The molecule has 6 nitrogen and oxygen atoms in total. The van der Waals surface area contributed by atoms with E-state index in [1.54, 1.807) is 24.5 Å². The average Bonchev–Trinajstić information content (AvgIpc) is 3.24. The number of azo groups is 1. The summed E-state index contributed by atoms with van der Waals surface area (Å²) in [7, 11) is 7.82. The van der Waals surface area contributed by atoms with Gasteiger partial charge in [0, 0.05) is 55.7 Å². The van der Waals surface area contributed by atoms with Gasteiger partial charge in [0.2, 0.25) is 0 Å². The van der Waals surface area contributed by atoms with Crippen molar-refractivity contribution in [3.05, 3.63) is 42.7 Å². The fourth-order valence-electron chi connectivity index (χ4n) is 2.85. The number of ether oxygens (including phenoxy) is 1. The third-order valence-corrected chi connectivity index (χ3v) is 7.51. The minimum absolute atomic E-state index is 0.227. The van der Waals surface area contributed by atoms with Crippen LogP contribution in [0.4, 0.5) is 17.1 Å². The SMILES string of the molecule is CN(C)c1ccc(N=Nc2ccncc2)c(OC(=O)CCCCC2CCSS2)c1. The zero-order valence-electron chi connectivity index (χ0n) is 16.8. The Balaban J connectivity index is 1.61. The van der Waals surface area contributed by atoms with Crippen molar-refractivity contribution in [2.75, 3.05) is 24.7 Å². The second-order valence-electron chi connectivity index (χ2n) is 7.00. The Bertz CT molecular complexity index is 825. The first-order chi connectivity index (χ1) is 14.1. The first kappa shape index (κ1) is 21.6. The first-order valence-electron chi connectivity index (χ1n) is 9.74. The van der Waals surface area contributed by atoms with Crippen molar-refractivity contribution in [2.45, 2.75) is 37.4 Å². The monoisotopic (exact) mass is 430 g/mol. The van der Waals surface area contributed by atoms with Crippen LogP contribution in [-0.4, -0.2) is 36.1 Å². The Hall–Kier alpha value is -2.06. The van der Waals surface area contributed by atoms with Gasteiger partial charge in [-0.25, -0.2) is 0 Å². The van der Waals surface area contributed by atoms with Crippen LogP contribution < -0.4 is 9.64 Å². The Morgan fingerprint density at radius 2 is 2.03 bits per heavy atom. The van der Waals surface area contributed by atoms with Gasteiger partial charge in [-0.15, -0.1) is 5.11 Å². The number of unbranched alkanes of at least 4 members (excludes halogenated alkanes) is 1. The number of anilines is 1.